The monoisotopic (exact) mass is 560 g/mol. The van der Waals surface area contributed by atoms with Crippen LogP contribution in [0, 0.1) is 0 Å². The zero-order valence-corrected chi connectivity index (χ0v) is 22.0. The number of alkyl halides is 1. The zero-order valence-electron chi connectivity index (χ0n) is 18.7. The highest BCUT2D eigenvalue weighted by atomic mass is 35.5. The summed E-state index contributed by atoms with van der Waals surface area (Å²) in [5, 5.41) is 12.8. The lowest BCUT2D eigenvalue weighted by molar-refractivity contribution is 0.0703. The molecule has 36 heavy (non-hydrogen) atoms. The third-order valence-corrected chi connectivity index (χ3v) is 9.46. The number of carbonyl (C=O) groups is 1. The van der Waals surface area contributed by atoms with Crippen molar-refractivity contribution in [1.82, 2.24) is 4.98 Å². The van der Waals surface area contributed by atoms with E-state index in [9.17, 15) is 19.4 Å². The minimum absolute atomic E-state index is 0.0368. The highest BCUT2D eigenvalue weighted by Gasteiger charge is 2.41. The molecule has 0 bridgehead atoms. The van der Waals surface area contributed by atoms with Crippen LogP contribution in [0.5, 0.6) is 0 Å². The van der Waals surface area contributed by atoms with Crippen LogP contribution in [0.2, 0.25) is 0 Å². The molecule has 0 spiro atoms. The molecule has 1 aromatic carbocycles. The molecule has 3 aromatic heterocycles. The number of allylic oxidation sites excluding steroid dienone is 4. The van der Waals surface area contributed by atoms with Crippen molar-refractivity contribution in [2.45, 2.75) is 18.2 Å². The summed E-state index contributed by atoms with van der Waals surface area (Å²) >= 11 is 13.5. The van der Waals surface area contributed by atoms with Crippen LogP contribution < -0.4 is 5.09 Å². The predicted molar refractivity (Wildman–Crippen MR) is 144 cm³/mol. The van der Waals surface area contributed by atoms with Crippen molar-refractivity contribution in [2.24, 2.45) is 0 Å². The van der Waals surface area contributed by atoms with Crippen LogP contribution >= 0.6 is 42.1 Å². The first-order chi connectivity index (χ1) is 17.0. The Morgan fingerprint density at radius 3 is 2.58 bits per heavy atom. The normalized spacial score (nSPS) is 19.4. The van der Waals surface area contributed by atoms with Crippen molar-refractivity contribution in [3.63, 3.8) is 0 Å². The Morgan fingerprint density at radius 2 is 1.92 bits per heavy atom. The highest BCUT2D eigenvalue weighted by Crippen LogP contribution is 2.59. The number of benzene rings is 1. The van der Waals surface area contributed by atoms with Gasteiger partial charge in [0.05, 0.1) is 15.9 Å². The number of halogens is 2. The largest absolute Gasteiger partial charge is 0.477 e. The Balaban J connectivity index is 1.45. The second-order valence-corrected chi connectivity index (χ2v) is 12.7. The molecule has 0 saturated heterocycles. The first-order valence-corrected chi connectivity index (χ1v) is 14.0. The van der Waals surface area contributed by atoms with Crippen molar-refractivity contribution in [3.8, 4) is 21.8 Å². The molecule has 2 atom stereocenters. The van der Waals surface area contributed by atoms with Crippen molar-refractivity contribution in [3.05, 3.63) is 82.1 Å². The second-order valence-electron chi connectivity index (χ2n) is 8.46. The lowest BCUT2D eigenvalue weighted by Crippen LogP contribution is -2.24. The molecule has 0 aliphatic heterocycles. The van der Waals surface area contributed by atoms with Gasteiger partial charge in [0, 0.05) is 34.2 Å². The first kappa shape index (κ1) is 24.8. The number of carboxylic acid groups (broad SMARTS) is 1. The highest BCUT2D eigenvalue weighted by molar-refractivity contribution is 7.64. The van der Waals surface area contributed by atoms with E-state index in [2.05, 4.69) is 10.1 Å². The molecular formula is C25H19Cl2N2O5PS. The molecule has 3 N–H and O–H groups in total. The van der Waals surface area contributed by atoms with Gasteiger partial charge in [0.1, 0.15) is 16.2 Å². The number of fused-ring (bicyclic) bond motifs is 1. The molecule has 0 radical (unpaired) electrons. The van der Waals surface area contributed by atoms with Gasteiger partial charge in [0.15, 0.2) is 5.58 Å². The van der Waals surface area contributed by atoms with Crippen LogP contribution in [0.15, 0.2) is 81.6 Å². The molecular weight excluding hydrogens is 542 g/mol. The van der Waals surface area contributed by atoms with Crippen molar-refractivity contribution in [1.29, 1.82) is 0 Å². The van der Waals surface area contributed by atoms with Gasteiger partial charge < -0.3 is 19.5 Å². The van der Waals surface area contributed by atoms with Crippen LogP contribution in [-0.2, 0) is 4.57 Å². The smallest absolute Gasteiger partial charge is 0.348 e. The van der Waals surface area contributed by atoms with E-state index in [0.717, 1.165) is 28.0 Å². The number of aromatic carboxylic acids is 1. The third kappa shape index (κ3) is 4.75. The van der Waals surface area contributed by atoms with Gasteiger partial charge in [-0.15, -0.1) is 22.9 Å². The minimum Gasteiger partial charge on any atom is -0.477 e. The van der Waals surface area contributed by atoms with E-state index in [1.165, 1.54) is 12.2 Å². The summed E-state index contributed by atoms with van der Waals surface area (Å²) in [5.41, 5.74) is 3.06. The number of anilines is 1. The molecule has 11 heteroatoms. The second kappa shape index (κ2) is 9.21. The van der Waals surface area contributed by atoms with E-state index >= 15 is 0 Å². The molecule has 2 unspecified atom stereocenters. The number of thiophene rings is 1. The Bertz CT molecular complexity index is 1570. The number of aromatic nitrogens is 1. The van der Waals surface area contributed by atoms with Crippen LogP contribution in [0.25, 0.3) is 32.9 Å². The summed E-state index contributed by atoms with van der Waals surface area (Å²) in [6.45, 7) is 1.59. The molecule has 1 aliphatic rings. The van der Waals surface area contributed by atoms with Gasteiger partial charge in [0.25, 0.3) is 0 Å². The molecule has 5 rings (SSSR count). The van der Waals surface area contributed by atoms with Gasteiger partial charge in [-0.05, 0) is 42.8 Å². The number of carboxylic acids is 1. The van der Waals surface area contributed by atoms with Gasteiger partial charge in [-0.2, -0.15) is 0 Å². The first-order valence-electron chi connectivity index (χ1n) is 10.7. The van der Waals surface area contributed by atoms with E-state index in [-0.39, 0.29) is 22.3 Å². The summed E-state index contributed by atoms with van der Waals surface area (Å²) in [7, 11) is -4.24. The molecule has 184 valence electrons. The number of hydrogen-bond donors (Lipinski definition) is 3. The third-order valence-electron chi connectivity index (χ3n) is 5.72. The van der Waals surface area contributed by atoms with Gasteiger partial charge in [-0.3, -0.25) is 9.55 Å². The van der Waals surface area contributed by atoms with Gasteiger partial charge in [0.2, 0.25) is 0 Å². The Morgan fingerprint density at radius 1 is 1.19 bits per heavy atom. The molecule has 1 aliphatic carbocycles. The van der Waals surface area contributed by atoms with E-state index in [4.69, 9.17) is 27.6 Å². The summed E-state index contributed by atoms with van der Waals surface area (Å²) in [5.74, 6) is -0.551. The Hall–Kier alpha value is -2.87. The molecule has 0 saturated carbocycles. The Kier molecular flexibility index (Phi) is 6.35. The van der Waals surface area contributed by atoms with Crippen LogP contribution in [0.1, 0.15) is 23.0 Å². The fraction of sp³-hybridized carbons (Fsp3) is 0.120. The summed E-state index contributed by atoms with van der Waals surface area (Å²) in [6, 6.07) is 14.4. The lowest BCUT2D eigenvalue weighted by atomic mass is 10.0. The minimum atomic E-state index is -4.24. The van der Waals surface area contributed by atoms with Crippen molar-refractivity contribution in [2.75, 3.05) is 5.09 Å². The summed E-state index contributed by atoms with van der Waals surface area (Å²) in [6.07, 6.45) is 4.81. The van der Waals surface area contributed by atoms with Gasteiger partial charge >= 0.3 is 13.5 Å². The van der Waals surface area contributed by atoms with Gasteiger partial charge in [-0.25, -0.2) is 4.79 Å². The molecule has 4 aromatic rings. The lowest BCUT2D eigenvalue weighted by Gasteiger charge is -2.31. The topological polar surface area (TPSA) is 113 Å². The maximum Gasteiger partial charge on any atom is 0.348 e. The van der Waals surface area contributed by atoms with E-state index < -0.39 is 18.4 Å². The van der Waals surface area contributed by atoms with Crippen molar-refractivity contribution < 1.29 is 23.8 Å². The van der Waals surface area contributed by atoms with Crippen molar-refractivity contribution >= 4 is 64.8 Å². The standard InChI is InChI=1S/C25H19Cl2N2O5PS/c1-25(27)13-16(26)8-9-22(25)35(32,33)29-18-12-21(36-23(18)24(30)31)15-6-4-14(5-7-15)20-11-17-19(34-20)3-2-10-28-17/h2-12H,13H2,1H3,(H,30,31)(H2,29,32,33). The number of rotatable bonds is 6. The Labute approximate surface area is 220 Å². The number of nitrogens with one attached hydrogen (secondary N) is 1. The maximum absolute atomic E-state index is 13.3. The molecule has 0 fully saturated rings. The van der Waals surface area contributed by atoms with Crippen LogP contribution in [-0.4, -0.2) is 25.8 Å². The molecule has 3 heterocycles. The van der Waals surface area contributed by atoms with Gasteiger partial charge in [-0.1, -0.05) is 35.9 Å². The molecule has 0 amide bonds. The molecule has 7 nitrogen and oxygen atoms in total. The number of furan rings is 1. The fourth-order valence-electron chi connectivity index (χ4n) is 4.04. The average Bonchev–Trinajstić information content (AvgIpc) is 3.42. The predicted octanol–water partition coefficient (Wildman–Crippen LogP) is 7.93. The SMILES string of the molecule is CC1(Cl)CC(Cl)=CC=C1P(=O)(O)Nc1cc(-c2ccc(-c3cc4ncccc4o3)cc2)sc1C(=O)O. The zero-order chi connectivity index (χ0) is 25.7. The fourth-order valence-corrected chi connectivity index (χ4v) is 7.63. The summed E-state index contributed by atoms with van der Waals surface area (Å²) < 4.78 is 19.1. The van der Waals surface area contributed by atoms with E-state index in [1.54, 1.807) is 25.3 Å². The van der Waals surface area contributed by atoms with E-state index in [1.807, 2.05) is 36.4 Å². The maximum atomic E-state index is 13.3. The average molecular weight is 561 g/mol. The van der Waals surface area contributed by atoms with E-state index in [0.29, 0.717) is 21.3 Å². The number of pyridine rings is 1. The number of hydrogen-bond acceptors (Lipinski definition) is 5. The van der Waals surface area contributed by atoms with Crippen LogP contribution in [0.3, 0.4) is 0 Å². The number of nitrogens with zero attached hydrogens (tertiary/aromatic N) is 1. The quantitative estimate of drug-likeness (QED) is 0.162. The van der Waals surface area contributed by atoms with Crippen LogP contribution in [0.4, 0.5) is 5.69 Å². The summed E-state index contributed by atoms with van der Waals surface area (Å²) in [4.78, 5) is 26.4.